The van der Waals surface area contributed by atoms with E-state index in [9.17, 15) is 0 Å². The van der Waals surface area contributed by atoms with E-state index >= 15 is 0 Å². The molecule has 4 aromatic carbocycles. The van der Waals surface area contributed by atoms with E-state index in [1.165, 1.54) is 34.1 Å². The van der Waals surface area contributed by atoms with Gasteiger partial charge in [0, 0.05) is 0 Å². The molecule has 0 N–H and O–H groups in total. The second-order valence-corrected chi connectivity index (χ2v) is 19.0. The van der Waals surface area contributed by atoms with Crippen molar-refractivity contribution in [1.82, 2.24) is 0 Å². The molecule has 4 aromatic rings. The van der Waals surface area contributed by atoms with Gasteiger partial charge in [-0.2, -0.15) is 0 Å². The standard InChI is InChI=1S/C36H40P2/c1-36(2)28-25-34(36)33(27-37(3,29-17-9-5-10-18-29)30-19-11-6-12-20-30)35(26-28)38(4,31-21-13-7-14-22-31)32-23-15-8-16-24-32/h5-24,28,33-35H,3-4,25-27H2,1-2H3/t28-,33-,34+,35+/m1/s1. The minimum atomic E-state index is -1.90. The van der Waals surface area contributed by atoms with Crippen molar-refractivity contribution in [3.63, 3.8) is 0 Å². The quantitative estimate of drug-likeness (QED) is 0.219. The van der Waals surface area contributed by atoms with E-state index in [4.69, 9.17) is 12.6 Å². The molecule has 3 aliphatic rings. The molecule has 0 heterocycles. The van der Waals surface area contributed by atoms with E-state index < -0.39 is 13.8 Å². The van der Waals surface area contributed by atoms with Crippen molar-refractivity contribution < 1.29 is 0 Å². The molecule has 0 radical (unpaired) electrons. The van der Waals surface area contributed by atoms with E-state index in [2.05, 4.69) is 135 Å². The van der Waals surface area contributed by atoms with Gasteiger partial charge in [-0.3, -0.25) is 0 Å². The van der Waals surface area contributed by atoms with Gasteiger partial charge in [-0.15, -0.1) is 0 Å². The molecule has 0 spiro atoms. The van der Waals surface area contributed by atoms with Gasteiger partial charge < -0.3 is 0 Å². The van der Waals surface area contributed by atoms with E-state index in [0.717, 1.165) is 12.1 Å². The average molecular weight is 535 g/mol. The lowest BCUT2D eigenvalue weighted by molar-refractivity contribution is -0.0945. The molecular weight excluding hydrogens is 494 g/mol. The number of fused-ring (bicyclic) bond motifs is 2. The minimum absolute atomic E-state index is 0.386. The Morgan fingerprint density at radius 2 is 1.00 bits per heavy atom. The molecule has 7 rings (SSSR count). The van der Waals surface area contributed by atoms with Crippen LogP contribution in [0.1, 0.15) is 26.7 Å². The molecule has 0 saturated heterocycles. The Hall–Kier alpha value is -2.52. The van der Waals surface area contributed by atoms with Crippen LogP contribution < -0.4 is 21.2 Å². The summed E-state index contributed by atoms with van der Waals surface area (Å²) in [5.74, 6) is 2.09. The van der Waals surface area contributed by atoms with Gasteiger partial charge >= 0.3 is 0 Å². The molecule has 4 atom stereocenters. The van der Waals surface area contributed by atoms with E-state index in [-0.39, 0.29) is 0 Å². The normalized spacial score (nSPS) is 24.4. The predicted octanol–water partition coefficient (Wildman–Crippen LogP) is 7.24. The Bertz CT molecular complexity index is 1380. The summed E-state index contributed by atoms with van der Waals surface area (Å²) in [4.78, 5) is 0. The highest BCUT2D eigenvalue weighted by Gasteiger charge is 2.60. The highest BCUT2D eigenvalue weighted by Crippen LogP contribution is 2.70. The molecule has 2 bridgehead atoms. The summed E-state index contributed by atoms with van der Waals surface area (Å²) in [6, 6.07) is 45.0. The van der Waals surface area contributed by atoms with Crippen LogP contribution in [0, 0.1) is 23.2 Å². The smallest absolute Gasteiger partial charge is 0.0103 e. The van der Waals surface area contributed by atoms with Gasteiger partial charge in [0.15, 0.2) is 0 Å². The molecule has 194 valence electrons. The van der Waals surface area contributed by atoms with Crippen LogP contribution in [0.4, 0.5) is 0 Å². The average Bonchev–Trinajstić information content (AvgIpc) is 2.98. The summed E-state index contributed by atoms with van der Waals surface area (Å²) >= 11 is 0. The first-order chi connectivity index (χ1) is 18.3. The lowest BCUT2D eigenvalue weighted by atomic mass is 9.46. The molecular formula is C36H40P2. The monoisotopic (exact) mass is 534 g/mol. The van der Waals surface area contributed by atoms with Gasteiger partial charge in [-0.1, -0.05) is 162 Å². The second-order valence-electron chi connectivity index (χ2n) is 12.2. The van der Waals surface area contributed by atoms with Gasteiger partial charge in [0.25, 0.3) is 0 Å². The zero-order valence-electron chi connectivity index (χ0n) is 22.8. The summed E-state index contributed by atoms with van der Waals surface area (Å²) in [7, 11) is 0. The maximum Gasteiger partial charge on any atom is -0.0103 e. The van der Waals surface area contributed by atoms with Crippen LogP contribution in [0.3, 0.4) is 0 Å². The fraction of sp³-hybridized carbons (Fsp3) is 0.278. The lowest BCUT2D eigenvalue weighted by Crippen LogP contribution is -2.59. The molecule has 0 aromatic heterocycles. The Kier molecular flexibility index (Phi) is 6.71. The van der Waals surface area contributed by atoms with Crippen molar-refractivity contribution in [2.24, 2.45) is 23.2 Å². The Morgan fingerprint density at radius 1 is 0.605 bits per heavy atom. The van der Waals surface area contributed by atoms with Gasteiger partial charge in [0.2, 0.25) is 0 Å². The maximum atomic E-state index is 5.27. The Labute approximate surface area is 230 Å². The van der Waals surface area contributed by atoms with Crippen molar-refractivity contribution in [3.05, 3.63) is 121 Å². The molecule has 0 nitrogen and oxygen atoms in total. The highest BCUT2D eigenvalue weighted by molar-refractivity contribution is 7.88. The first-order valence-electron chi connectivity index (χ1n) is 14.0. The van der Waals surface area contributed by atoms with E-state index in [1.807, 2.05) is 0 Å². The Balaban J connectivity index is 1.52. The minimum Gasteiger partial charge on any atom is -0.0926 e. The van der Waals surface area contributed by atoms with Crippen LogP contribution in [-0.2, 0) is 0 Å². The van der Waals surface area contributed by atoms with Crippen molar-refractivity contribution in [2.75, 3.05) is 6.16 Å². The van der Waals surface area contributed by atoms with Crippen molar-refractivity contribution in [2.45, 2.75) is 32.3 Å². The lowest BCUT2D eigenvalue weighted by Gasteiger charge is -2.65. The number of rotatable bonds is 7. The van der Waals surface area contributed by atoms with Crippen molar-refractivity contribution in [3.8, 4) is 0 Å². The molecule has 38 heavy (non-hydrogen) atoms. The number of benzene rings is 4. The first-order valence-corrected chi connectivity index (χ1v) is 18.2. The Morgan fingerprint density at radius 3 is 1.39 bits per heavy atom. The molecule has 3 fully saturated rings. The van der Waals surface area contributed by atoms with Crippen molar-refractivity contribution in [1.29, 1.82) is 0 Å². The second kappa shape index (κ2) is 9.90. The zero-order chi connectivity index (χ0) is 26.4. The fourth-order valence-corrected chi connectivity index (χ4v) is 15.4. The van der Waals surface area contributed by atoms with Gasteiger partial charge in [-0.25, -0.2) is 0 Å². The highest BCUT2D eigenvalue weighted by atomic mass is 31.2. The fourth-order valence-electron chi connectivity index (χ4n) is 7.74. The summed E-state index contributed by atoms with van der Waals surface area (Å²) in [6.45, 7) is 1.32. The van der Waals surface area contributed by atoms with Crippen LogP contribution in [0.2, 0.25) is 0 Å². The third-order valence-electron chi connectivity index (χ3n) is 10.1. The molecule has 3 saturated carbocycles. The SMILES string of the molecule is C=P(C[C@@H]1[C@@H]2C[C@H](C[C@@H]1P(=C)(c1ccccc1)c1ccccc1)C2(C)C)(c1ccccc1)c1ccccc1. The van der Waals surface area contributed by atoms with Crippen LogP contribution >= 0.6 is 13.8 Å². The molecule has 3 aliphatic carbocycles. The molecule has 0 unspecified atom stereocenters. The van der Waals surface area contributed by atoms with Crippen LogP contribution in [-0.4, -0.2) is 24.4 Å². The summed E-state index contributed by atoms with van der Waals surface area (Å²) < 4.78 is 0. The molecule has 0 aliphatic heterocycles. The third-order valence-corrected chi connectivity index (χ3v) is 17.9. The number of hydrogen-bond acceptors (Lipinski definition) is 0. The van der Waals surface area contributed by atoms with E-state index in [0.29, 0.717) is 22.9 Å². The third kappa shape index (κ3) is 4.13. The first kappa shape index (κ1) is 25.7. The maximum absolute atomic E-state index is 5.27. The van der Waals surface area contributed by atoms with Crippen molar-refractivity contribution >= 4 is 47.6 Å². The summed E-state index contributed by atoms with van der Waals surface area (Å²) in [5, 5.41) is 5.76. The molecule has 2 heteroatoms. The largest absolute Gasteiger partial charge is 0.0926 e. The topological polar surface area (TPSA) is 0 Å². The number of hydrogen-bond donors (Lipinski definition) is 0. The summed E-state index contributed by atoms with van der Waals surface area (Å²) in [5.41, 5.74) is 0.954. The van der Waals surface area contributed by atoms with Crippen LogP contribution in [0.5, 0.6) is 0 Å². The molecule has 0 amide bonds. The summed E-state index contributed by atoms with van der Waals surface area (Å²) in [6.07, 6.45) is 14.2. The van der Waals surface area contributed by atoms with Crippen LogP contribution in [0.25, 0.3) is 0 Å². The zero-order valence-corrected chi connectivity index (χ0v) is 24.6. The van der Waals surface area contributed by atoms with E-state index in [1.54, 1.807) is 0 Å². The van der Waals surface area contributed by atoms with Gasteiger partial charge in [0.05, 0.1) is 0 Å². The van der Waals surface area contributed by atoms with Crippen LogP contribution in [0.15, 0.2) is 121 Å². The predicted molar refractivity (Wildman–Crippen MR) is 175 cm³/mol. The van der Waals surface area contributed by atoms with Gasteiger partial charge in [0.1, 0.15) is 0 Å². The van der Waals surface area contributed by atoms with Gasteiger partial charge in [-0.05, 0) is 69.0 Å².